The highest BCUT2D eigenvalue weighted by Crippen LogP contribution is 2.33. The number of nitrogens with two attached hydrogens (primary N) is 1. The van der Waals surface area contributed by atoms with Crippen LogP contribution in [0.1, 0.15) is 25.7 Å². The third kappa shape index (κ3) is 3.14. The van der Waals surface area contributed by atoms with E-state index in [1.807, 2.05) is 0 Å². The number of nitro benzene ring substituents is 1. The summed E-state index contributed by atoms with van der Waals surface area (Å²) < 4.78 is 10.6. The molecule has 2 N–H and O–H groups in total. The van der Waals surface area contributed by atoms with Gasteiger partial charge in [0.25, 0.3) is 0 Å². The van der Waals surface area contributed by atoms with Crippen LogP contribution >= 0.6 is 0 Å². The van der Waals surface area contributed by atoms with Crippen LogP contribution in [0.15, 0.2) is 18.2 Å². The molecular weight excluding hydrogens is 248 g/mol. The van der Waals surface area contributed by atoms with Crippen molar-refractivity contribution in [2.75, 3.05) is 13.7 Å². The Morgan fingerprint density at radius 2 is 2.11 bits per heavy atom. The van der Waals surface area contributed by atoms with Gasteiger partial charge in [-0.15, -0.1) is 0 Å². The average Bonchev–Trinajstić information content (AvgIpc) is 2.83. The Morgan fingerprint density at radius 3 is 2.68 bits per heavy atom. The lowest BCUT2D eigenvalue weighted by Gasteiger charge is -2.23. The lowest BCUT2D eigenvalue weighted by molar-refractivity contribution is -0.385. The van der Waals surface area contributed by atoms with Crippen molar-refractivity contribution in [3.8, 4) is 11.5 Å². The molecule has 0 aliphatic heterocycles. The highest BCUT2D eigenvalue weighted by atomic mass is 16.6. The van der Waals surface area contributed by atoms with E-state index < -0.39 is 4.92 Å². The van der Waals surface area contributed by atoms with Gasteiger partial charge in [-0.3, -0.25) is 10.1 Å². The summed E-state index contributed by atoms with van der Waals surface area (Å²) in [6.07, 6.45) is 3.95. The molecular formula is C13H18N2O4. The molecule has 1 aromatic carbocycles. The number of hydrogen-bond donors (Lipinski definition) is 1. The third-order valence-corrected chi connectivity index (χ3v) is 3.48. The lowest BCUT2D eigenvalue weighted by atomic mass is 10.0. The summed E-state index contributed by atoms with van der Waals surface area (Å²) in [5, 5.41) is 11.0. The molecule has 0 spiro atoms. The topological polar surface area (TPSA) is 87.6 Å². The van der Waals surface area contributed by atoms with E-state index in [1.54, 1.807) is 6.07 Å². The Bertz CT molecular complexity index is 470. The maximum absolute atomic E-state index is 11.0. The van der Waals surface area contributed by atoms with Crippen LogP contribution in [0, 0.1) is 10.1 Å². The van der Waals surface area contributed by atoms with E-state index in [9.17, 15) is 10.1 Å². The molecule has 6 heteroatoms. The molecule has 0 radical (unpaired) electrons. The summed E-state index contributed by atoms with van der Waals surface area (Å²) >= 11 is 0. The first-order valence-electron chi connectivity index (χ1n) is 6.28. The predicted molar refractivity (Wildman–Crippen MR) is 70.5 cm³/mol. The van der Waals surface area contributed by atoms with Gasteiger partial charge < -0.3 is 15.2 Å². The van der Waals surface area contributed by atoms with Crippen molar-refractivity contribution < 1.29 is 14.4 Å². The van der Waals surface area contributed by atoms with Gasteiger partial charge in [0.2, 0.25) is 5.75 Å². The van der Waals surface area contributed by atoms with E-state index in [4.69, 9.17) is 15.2 Å². The molecule has 0 saturated heterocycles. The number of benzene rings is 1. The van der Waals surface area contributed by atoms with Crippen molar-refractivity contribution in [3.63, 3.8) is 0 Å². The minimum Gasteiger partial charge on any atom is -0.497 e. The first-order valence-corrected chi connectivity index (χ1v) is 6.28. The van der Waals surface area contributed by atoms with Crippen LogP contribution in [0.5, 0.6) is 11.5 Å². The zero-order valence-corrected chi connectivity index (χ0v) is 10.9. The third-order valence-electron chi connectivity index (χ3n) is 3.48. The number of nitrogens with zero attached hydrogens (tertiary/aromatic N) is 1. The van der Waals surface area contributed by atoms with Crippen LogP contribution in [0.25, 0.3) is 0 Å². The van der Waals surface area contributed by atoms with Gasteiger partial charge in [0.15, 0.2) is 0 Å². The van der Waals surface area contributed by atoms with Crippen LogP contribution in [-0.2, 0) is 0 Å². The summed E-state index contributed by atoms with van der Waals surface area (Å²) in [4.78, 5) is 10.5. The Hall–Kier alpha value is -1.82. The van der Waals surface area contributed by atoms with Gasteiger partial charge in [-0.25, -0.2) is 0 Å². The van der Waals surface area contributed by atoms with Gasteiger partial charge in [0.05, 0.1) is 17.6 Å². The Balaban J connectivity index is 2.15. The molecule has 0 atom stereocenters. The molecule has 19 heavy (non-hydrogen) atoms. The molecule has 1 aromatic rings. The summed E-state index contributed by atoms with van der Waals surface area (Å²) in [7, 11) is 1.51. The lowest BCUT2D eigenvalue weighted by Crippen LogP contribution is -2.42. The van der Waals surface area contributed by atoms with Crippen LogP contribution in [-0.4, -0.2) is 24.2 Å². The number of nitro groups is 1. The molecule has 1 aliphatic carbocycles. The van der Waals surface area contributed by atoms with Gasteiger partial charge in [-0.2, -0.15) is 0 Å². The fourth-order valence-corrected chi connectivity index (χ4v) is 2.33. The maximum atomic E-state index is 11.0. The highest BCUT2D eigenvalue weighted by molar-refractivity contribution is 5.50. The number of methoxy groups -OCH3 is 1. The predicted octanol–water partition coefficient (Wildman–Crippen LogP) is 2.25. The Kier molecular flexibility index (Phi) is 3.90. The molecule has 6 nitrogen and oxygen atoms in total. The van der Waals surface area contributed by atoms with Gasteiger partial charge in [0.1, 0.15) is 12.4 Å². The fourth-order valence-electron chi connectivity index (χ4n) is 2.33. The zero-order valence-electron chi connectivity index (χ0n) is 10.9. The maximum Gasteiger partial charge on any atom is 0.311 e. The quantitative estimate of drug-likeness (QED) is 0.652. The summed E-state index contributed by atoms with van der Waals surface area (Å²) in [6.45, 7) is 0.293. The van der Waals surface area contributed by atoms with Gasteiger partial charge >= 0.3 is 5.69 Å². The minimum atomic E-state index is -0.466. The largest absolute Gasteiger partial charge is 0.497 e. The second-order valence-corrected chi connectivity index (χ2v) is 4.95. The molecule has 2 rings (SSSR count). The Labute approximate surface area is 111 Å². The minimum absolute atomic E-state index is 0.0672. The molecule has 1 aliphatic rings. The number of hydrogen-bond acceptors (Lipinski definition) is 5. The van der Waals surface area contributed by atoms with Crippen molar-refractivity contribution in [1.29, 1.82) is 0 Å². The van der Waals surface area contributed by atoms with E-state index in [-0.39, 0.29) is 17.0 Å². The highest BCUT2D eigenvalue weighted by Gasteiger charge is 2.31. The van der Waals surface area contributed by atoms with Crippen LogP contribution in [0.3, 0.4) is 0 Å². The van der Waals surface area contributed by atoms with E-state index >= 15 is 0 Å². The monoisotopic (exact) mass is 266 g/mol. The molecule has 0 bridgehead atoms. The molecule has 0 aromatic heterocycles. The molecule has 1 fully saturated rings. The first kappa shape index (κ1) is 13.6. The van der Waals surface area contributed by atoms with Gasteiger partial charge in [0, 0.05) is 12.1 Å². The molecule has 0 amide bonds. The summed E-state index contributed by atoms with van der Waals surface area (Å²) in [5.74, 6) is 0.735. The van der Waals surface area contributed by atoms with Crippen molar-refractivity contribution in [2.24, 2.45) is 5.73 Å². The molecule has 0 unspecified atom stereocenters. The summed E-state index contributed by atoms with van der Waals surface area (Å²) in [6, 6.07) is 4.45. The molecule has 0 heterocycles. The zero-order chi connectivity index (χ0) is 13.9. The molecule has 1 saturated carbocycles. The second-order valence-electron chi connectivity index (χ2n) is 4.95. The standard InChI is InChI=1S/C13H18N2O4/c1-18-10-4-5-11(15(16)17)12(8-10)19-9-13(14)6-2-3-7-13/h4-5,8H,2-3,6-7,9,14H2,1H3. The summed E-state index contributed by atoms with van der Waals surface area (Å²) in [5.41, 5.74) is 5.75. The van der Waals surface area contributed by atoms with E-state index in [0.717, 1.165) is 25.7 Å². The number of rotatable bonds is 5. The average molecular weight is 266 g/mol. The first-order chi connectivity index (χ1) is 9.04. The van der Waals surface area contributed by atoms with Crippen molar-refractivity contribution in [2.45, 2.75) is 31.2 Å². The molecule has 104 valence electrons. The van der Waals surface area contributed by atoms with Crippen LogP contribution in [0.2, 0.25) is 0 Å². The van der Waals surface area contributed by atoms with Crippen molar-refractivity contribution >= 4 is 5.69 Å². The Morgan fingerprint density at radius 1 is 1.42 bits per heavy atom. The van der Waals surface area contributed by atoms with E-state index in [1.165, 1.54) is 19.2 Å². The van der Waals surface area contributed by atoms with Gasteiger partial charge in [-0.1, -0.05) is 12.8 Å². The van der Waals surface area contributed by atoms with Crippen molar-refractivity contribution in [3.05, 3.63) is 28.3 Å². The van der Waals surface area contributed by atoms with E-state index in [0.29, 0.717) is 12.4 Å². The SMILES string of the molecule is COc1ccc([N+](=O)[O-])c(OCC2(N)CCCC2)c1. The van der Waals surface area contributed by atoms with E-state index in [2.05, 4.69) is 0 Å². The normalized spacial score (nSPS) is 17.2. The van der Waals surface area contributed by atoms with Crippen molar-refractivity contribution in [1.82, 2.24) is 0 Å². The number of ether oxygens (including phenoxy) is 2. The van der Waals surface area contributed by atoms with Crippen LogP contribution < -0.4 is 15.2 Å². The smallest absolute Gasteiger partial charge is 0.311 e. The van der Waals surface area contributed by atoms with Crippen LogP contribution in [0.4, 0.5) is 5.69 Å². The fraction of sp³-hybridized carbons (Fsp3) is 0.538. The second kappa shape index (κ2) is 5.44. The van der Waals surface area contributed by atoms with Gasteiger partial charge in [-0.05, 0) is 18.9 Å².